The number of sulfone groups is 1. The van der Waals surface area contributed by atoms with E-state index in [1.165, 1.54) is 24.4 Å². The van der Waals surface area contributed by atoms with Gasteiger partial charge in [0.15, 0.2) is 9.84 Å². The molecule has 0 radical (unpaired) electrons. The van der Waals surface area contributed by atoms with Crippen LogP contribution in [0, 0.1) is 6.92 Å². The van der Waals surface area contributed by atoms with E-state index < -0.39 is 16.3 Å². The fraction of sp³-hybridized carbons (Fsp3) is 0.379. The van der Waals surface area contributed by atoms with Crippen molar-refractivity contribution in [2.45, 2.75) is 61.8 Å². The van der Waals surface area contributed by atoms with Gasteiger partial charge in [0.05, 0.1) is 33.3 Å². The summed E-state index contributed by atoms with van der Waals surface area (Å²) >= 11 is 6.09. The van der Waals surface area contributed by atoms with Crippen LogP contribution in [0.5, 0.6) is 0 Å². The van der Waals surface area contributed by atoms with Crippen LogP contribution in [0.15, 0.2) is 53.6 Å². The molecule has 1 aliphatic carbocycles. The maximum Gasteiger partial charge on any atom is 0.266 e. The van der Waals surface area contributed by atoms with Crippen molar-refractivity contribution < 1.29 is 17.2 Å². The number of fused-ring (bicyclic) bond motifs is 1. The molecule has 1 N–H and O–H groups in total. The van der Waals surface area contributed by atoms with Gasteiger partial charge in [0, 0.05) is 28.9 Å². The number of alkyl halides is 2. The lowest BCUT2D eigenvalue weighted by molar-refractivity contribution is 0.153. The van der Waals surface area contributed by atoms with Gasteiger partial charge >= 0.3 is 0 Å². The fourth-order valence-electron chi connectivity index (χ4n) is 5.27. The first-order valence-corrected chi connectivity index (χ1v) is 15.4. The number of pyridine rings is 2. The van der Waals surface area contributed by atoms with Crippen molar-refractivity contribution in [1.82, 2.24) is 24.8 Å². The van der Waals surface area contributed by atoms with E-state index in [9.17, 15) is 17.2 Å². The highest BCUT2D eigenvalue weighted by Crippen LogP contribution is 2.32. The molecular weight excluding hydrogens is 570 g/mol. The van der Waals surface area contributed by atoms with Gasteiger partial charge in [0.25, 0.3) is 6.43 Å². The Labute approximate surface area is 243 Å². The molecule has 1 aliphatic rings. The Kier molecular flexibility index (Phi) is 8.49. The van der Waals surface area contributed by atoms with Gasteiger partial charge in [-0.25, -0.2) is 32.2 Å². The predicted octanol–water partition coefficient (Wildman–Crippen LogP) is 6.24. The van der Waals surface area contributed by atoms with Crippen LogP contribution in [0.3, 0.4) is 0 Å². The normalized spacial score (nSPS) is 17.9. The van der Waals surface area contributed by atoms with Gasteiger partial charge in [-0.05, 0) is 77.0 Å². The molecule has 0 spiro atoms. The van der Waals surface area contributed by atoms with Crippen molar-refractivity contribution in [2.75, 3.05) is 19.4 Å². The third-order valence-corrected chi connectivity index (χ3v) is 9.64. The summed E-state index contributed by atoms with van der Waals surface area (Å²) in [5.41, 5.74) is 1.63. The van der Waals surface area contributed by atoms with E-state index in [4.69, 9.17) is 11.6 Å². The molecule has 0 saturated heterocycles. The van der Waals surface area contributed by atoms with Gasteiger partial charge in [-0.1, -0.05) is 23.7 Å². The molecule has 1 fully saturated rings. The molecule has 1 saturated carbocycles. The van der Waals surface area contributed by atoms with Crippen molar-refractivity contribution >= 4 is 38.4 Å². The average molecular weight is 601 g/mol. The molecule has 0 bridgehead atoms. The summed E-state index contributed by atoms with van der Waals surface area (Å²) in [4.78, 5) is 20.1. The number of rotatable bonds is 8. The third-order valence-electron chi connectivity index (χ3n) is 7.50. The lowest BCUT2D eigenvalue weighted by Gasteiger charge is -2.32. The molecule has 216 valence electrons. The molecule has 4 aromatic rings. The maximum atomic E-state index is 14.2. The van der Waals surface area contributed by atoms with Crippen molar-refractivity contribution in [3.8, 4) is 11.3 Å². The van der Waals surface area contributed by atoms with Crippen molar-refractivity contribution in [3.63, 3.8) is 0 Å². The third kappa shape index (κ3) is 6.47. The number of nitrogens with zero attached hydrogens (tertiary/aromatic N) is 5. The first kappa shape index (κ1) is 29.2. The summed E-state index contributed by atoms with van der Waals surface area (Å²) in [7, 11) is 0.420. The zero-order valence-corrected chi connectivity index (χ0v) is 24.6. The Morgan fingerprint density at radius 3 is 2.44 bits per heavy atom. The van der Waals surface area contributed by atoms with Crippen molar-refractivity contribution in [2.24, 2.45) is 0 Å². The Hall–Kier alpha value is -3.28. The summed E-state index contributed by atoms with van der Waals surface area (Å²) in [6, 6.07) is 11.5. The molecule has 12 heteroatoms. The summed E-state index contributed by atoms with van der Waals surface area (Å²) in [5, 5.41) is 3.45. The smallest absolute Gasteiger partial charge is 0.266 e. The Balaban J connectivity index is 1.40. The molecule has 5 rings (SSSR count). The molecule has 0 atom stereocenters. The summed E-state index contributed by atoms with van der Waals surface area (Å²) < 4.78 is 54.3. The fourth-order valence-corrected chi connectivity index (χ4v) is 7.12. The topological polar surface area (TPSA) is 101 Å². The van der Waals surface area contributed by atoms with Crippen LogP contribution >= 0.6 is 11.6 Å². The lowest BCUT2D eigenvalue weighted by Crippen LogP contribution is -2.36. The van der Waals surface area contributed by atoms with Crippen molar-refractivity contribution in [1.29, 1.82) is 0 Å². The predicted molar refractivity (Wildman–Crippen MR) is 156 cm³/mol. The highest BCUT2D eigenvalue weighted by Gasteiger charge is 2.24. The highest BCUT2D eigenvalue weighted by atomic mass is 35.5. The van der Waals surface area contributed by atoms with E-state index in [1.807, 2.05) is 0 Å². The number of hydrogen-bond donors (Lipinski definition) is 1. The molecule has 8 nitrogen and oxygen atoms in total. The monoisotopic (exact) mass is 600 g/mol. The molecule has 3 heterocycles. The lowest BCUT2D eigenvalue weighted by atomic mass is 9.91. The van der Waals surface area contributed by atoms with Crippen LogP contribution in [-0.2, 0) is 15.6 Å². The van der Waals surface area contributed by atoms with Crippen LogP contribution in [-0.4, -0.2) is 59.4 Å². The number of aryl methyl sites for hydroxylation is 1. The van der Waals surface area contributed by atoms with E-state index in [1.54, 1.807) is 31.2 Å². The molecule has 3 aromatic heterocycles. The second kappa shape index (κ2) is 11.9. The standard InChI is InChI=1S/C29H31ClF2N6O2S/c1-17-21(13-10-19(34-17)16-41(39,40)26-7-5-4-6-23(26)30)24-14-22(28(31)32)27-25(36-24)15-33-29(37-27)35-18-8-11-20(12-9-18)38(2)3/h4-7,10,13-15,18,20,28H,8-9,11-12,16H2,1-3H3,(H,33,35,37). The van der Waals surface area contributed by atoms with E-state index in [0.717, 1.165) is 25.7 Å². The quantitative estimate of drug-likeness (QED) is 0.253. The van der Waals surface area contributed by atoms with Crippen LogP contribution in [0.4, 0.5) is 14.7 Å². The minimum Gasteiger partial charge on any atom is -0.351 e. The Bertz CT molecular complexity index is 1680. The van der Waals surface area contributed by atoms with Crippen LogP contribution in [0.25, 0.3) is 22.3 Å². The van der Waals surface area contributed by atoms with Gasteiger partial charge in [0.1, 0.15) is 11.0 Å². The van der Waals surface area contributed by atoms with Crippen LogP contribution in [0.1, 0.15) is 49.1 Å². The number of anilines is 1. The number of aromatic nitrogens is 4. The van der Waals surface area contributed by atoms with E-state index in [-0.39, 0.29) is 44.0 Å². The highest BCUT2D eigenvalue weighted by molar-refractivity contribution is 7.90. The molecule has 41 heavy (non-hydrogen) atoms. The number of halogens is 3. The van der Waals surface area contributed by atoms with Gasteiger partial charge in [-0.2, -0.15) is 0 Å². The molecule has 0 aliphatic heterocycles. The largest absolute Gasteiger partial charge is 0.351 e. The minimum absolute atomic E-state index is 0.0260. The van der Waals surface area contributed by atoms with Gasteiger partial charge in [-0.3, -0.25) is 4.98 Å². The zero-order valence-electron chi connectivity index (χ0n) is 23.0. The number of hydrogen-bond acceptors (Lipinski definition) is 8. The SMILES string of the molecule is Cc1nc(CS(=O)(=O)c2ccccc2Cl)ccc1-c1cc(C(F)F)c2nc(NC3CCC(N(C)C)CC3)ncc2n1. The molecular formula is C29H31ClF2N6O2S. The van der Waals surface area contributed by atoms with Crippen LogP contribution < -0.4 is 5.32 Å². The van der Waals surface area contributed by atoms with E-state index in [2.05, 4.69) is 44.2 Å². The first-order chi connectivity index (χ1) is 19.5. The Morgan fingerprint density at radius 2 is 1.78 bits per heavy atom. The minimum atomic E-state index is -3.74. The first-order valence-electron chi connectivity index (χ1n) is 13.3. The number of benzene rings is 1. The second-order valence-electron chi connectivity index (χ2n) is 10.6. The summed E-state index contributed by atoms with van der Waals surface area (Å²) in [5.74, 6) is -0.0460. The van der Waals surface area contributed by atoms with Gasteiger partial charge in [-0.15, -0.1) is 0 Å². The van der Waals surface area contributed by atoms with E-state index in [0.29, 0.717) is 28.9 Å². The van der Waals surface area contributed by atoms with Crippen molar-refractivity contribution in [3.05, 3.63) is 70.6 Å². The summed E-state index contributed by atoms with van der Waals surface area (Å²) in [6.07, 6.45) is 2.66. The number of nitrogens with one attached hydrogen (secondary N) is 1. The van der Waals surface area contributed by atoms with Gasteiger partial charge < -0.3 is 10.2 Å². The van der Waals surface area contributed by atoms with E-state index >= 15 is 0 Å². The average Bonchev–Trinajstić information content (AvgIpc) is 2.92. The Morgan fingerprint density at radius 1 is 1.05 bits per heavy atom. The molecule has 0 unspecified atom stereocenters. The maximum absolute atomic E-state index is 14.2. The molecule has 1 aromatic carbocycles. The summed E-state index contributed by atoms with van der Waals surface area (Å²) in [6.45, 7) is 1.68. The zero-order chi connectivity index (χ0) is 29.3. The second-order valence-corrected chi connectivity index (χ2v) is 12.9. The molecule has 0 amide bonds. The van der Waals surface area contributed by atoms with Crippen LogP contribution in [0.2, 0.25) is 5.02 Å². The van der Waals surface area contributed by atoms with Gasteiger partial charge in [0.2, 0.25) is 5.95 Å².